The number of carbonyl (C=O) groups excluding carboxylic acids is 1. The molecular weight excluding hydrogens is 434 g/mol. The highest BCUT2D eigenvalue weighted by atomic mass is 16.5. The lowest BCUT2D eigenvalue weighted by Gasteiger charge is -2.17. The lowest BCUT2D eigenvalue weighted by molar-refractivity contribution is 0.0937. The summed E-state index contributed by atoms with van der Waals surface area (Å²) in [5, 5.41) is 3.11. The third kappa shape index (κ3) is 5.91. The molecule has 0 aliphatic heterocycles. The van der Waals surface area contributed by atoms with E-state index < -0.39 is 0 Å². The molecule has 3 aromatic carbocycles. The van der Waals surface area contributed by atoms with Gasteiger partial charge in [0.1, 0.15) is 11.6 Å². The Kier molecular flexibility index (Phi) is 7.86. The Morgan fingerprint density at radius 3 is 2.49 bits per heavy atom. The van der Waals surface area contributed by atoms with E-state index in [0.29, 0.717) is 18.1 Å². The summed E-state index contributed by atoms with van der Waals surface area (Å²) in [4.78, 5) is 17.6. The number of benzene rings is 3. The molecule has 0 bridgehead atoms. The predicted molar refractivity (Wildman–Crippen MR) is 142 cm³/mol. The number of unbranched alkanes of at least 4 members (excludes halogenated alkanes) is 1. The lowest BCUT2D eigenvalue weighted by atomic mass is 10.0. The van der Waals surface area contributed by atoms with Gasteiger partial charge in [-0.1, -0.05) is 56.3 Å². The zero-order valence-electron chi connectivity index (χ0n) is 21.1. The van der Waals surface area contributed by atoms with Crippen LogP contribution in [0.5, 0.6) is 5.75 Å². The summed E-state index contributed by atoms with van der Waals surface area (Å²) in [6.45, 7) is 9.97. The third-order valence-corrected chi connectivity index (χ3v) is 6.28. The molecule has 4 rings (SSSR count). The molecule has 1 heterocycles. The molecule has 1 atom stereocenters. The van der Waals surface area contributed by atoms with Gasteiger partial charge in [0.15, 0.2) is 0 Å². The number of nitrogens with zero attached hydrogens (tertiary/aromatic N) is 2. The van der Waals surface area contributed by atoms with Gasteiger partial charge in [0.2, 0.25) is 0 Å². The number of aryl methyl sites for hydroxylation is 2. The number of aromatic nitrogens is 2. The van der Waals surface area contributed by atoms with Crippen LogP contribution < -0.4 is 10.1 Å². The van der Waals surface area contributed by atoms with Crippen molar-refractivity contribution in [2.75, 3.05) is 6.61 Å². The van der Waals surface area contributed by atoms with Gasteiger partial charge >= 0.3 is 0 Å². The molecule has 182 valence electrons. The van der Waals surface area contributed by atoms with Crippen molar-refractivity contribution in [2.45, 2.75) is 59.0 Å². The number of para-hydroxylation sites is 2. The van der Waals surface area contributed by atoms with Crippen molar-refractivity contribution in [3.05, 3.63) is 95.3 Å². The normalized spacial score (nSPS) is 12.1. The highest BCUT2D eigenvalue weighted by Crippen LogP contribution is 2.28. The smallest absolute Gasteiger partial charge is 0.251 e. The van der Waals surface area contributed by atoms with Crippen LogP contribution in [-0.2, 0) is 6.54 Å². The first-order valence-corrected chi connectivity index (χ1v) is 12.5. The van der Waals surface area contributed by atoms with Gasteiger partial charge in [0, 0.05) is 12.1 Å². The first-order valence-electron chi connectivity index (χ1n) is 12.5. The maximum atomic E-state index is 12.7. The summed E-state index contributed by atoms with van der Waals surface area (Å²) in [5.74, 6) is 2.20. The number of ether oxygens (including phenoxy) is 1. The van der Waals surface area contributed by atoms with Crippen molar-refractivity contribution in [1.82, 2.24) is 14.9 Å². The van der Waals surface area contributed by atoms with Crippen molar-refractivity contribution in [3.63, 3.8) is 0 Å². The van der Waals surface area contributed by atoms with Crippen molar-refractivity contribution >= 4 is 16.9 Å². The molecule has 0 saturated heterocycles. The van der Waals surface area contributed by atoms with Crippen LogP contribution in [0.15, 0.2) is 72.8 Å². The van der Waals surface area contributed by atoms with E-state index in [-0.39, 0.29) is 11.9 Å². The van der Waals surface area contributed by atoms with Crippen LogP contribution in [0.3, 0.4) is 0 Å². The van der Waals surface area contributed by atoms with E-state index >= 15 is 0 Å². The third-order valence-electron chi connectivity index (χ3n) is 6.28. The first kappa shape index (κ1) is 24.5. The van der Waals surface area contributed by atoms with Crippen molar-refractivity contribution in [2.24, 2.45) is 0 Å². The van der Waals surface area contributed by atoms with Crippen LogP contribution in [0.25, 0.3) is 11.0 Å². The standard InChI is InChI=1S/C30H35N3O2/c1-21(2)25-17-16-22(3)20-28(25)35-19-11-10-18-33-27-15-9-8-14-26(27)32-29(33)23(4)31-30(34)24-12-6-5-7-13-24/h5-9,12-17,20-21,23H,10-11,18-19H2,1-4H3,(H,31,34). The van der Waals surface area contributed by atoms with Crippen LogP contribution in [0, 0.1) is 6.92 Å². The number of hydrogen-bond donors (Lipinski definition) is 1. The monoisotopic (exact) mass is 469 g/mol. The van der Waals surface area contributed by atoms with Crippen LogP contribution in [0.1, 0.15) is 72.9 Å². The number of imidazole rings is 1. The maximum Gasteiger partial charge on any atom is 0.251 e. The number of rotatable bonds is 10. The number of fused-ring (bicyclic) bond motifs is 1. The Bertz CT molecular complexity index is 1280. The molecule has 5 heteroatoms. The van der Waals surface area contributed by atoms with Gasteiger partial charge in [-0.15, -0.1) is 0 Å². The molecule has 0 spiro atoms. The molecular formula is C30H35N3O2. The quantitative estimate of drug-likeness (QED) is 0.259. The number of amides is 1. The second-order valence-electron chi connectivity index (χ2n) is 9.42. The molecule has 35 heavy (non-hydrogen) atoms. The lowest BCUT2D eigenvalue weighted by Crippen LogP contribution is -2.28. The van der Waals surface area contributed by atoms with E-state index in [4.69, 9.17) is 9.72 Å². The fourth-order valence-electron chi connectivity index (χ4n) is 4.39. The Balaban J connectivity index is 1.42. The minimum absolute atomic E-state index is 0.0933. The fraction of sp³-hybridized carbons (Fsp3) is 0.333. The van der Waals surface area contributed by atoms with Crippen molar-refractivity contribution < 1.29 is 9.53 Å². The van der Waals surface area contributed by atoms with E-state index in [1.165, 1.54) is 11.1 Å². The second-order valence-corrected chi connectivity index (χ2v) is 9.42. The zero-order chi connectivity index (χ0) is 24.8. The molecule has 0 aliphatic carbocycles. The van der Waals surface area contributed by atoms with Crippen LogP contribution >= 0.6 is 0 Å². The predicted octanol–water partition coefficient (Wildman–Crippen LogP) is 6.82. The van der Waals surface area contributed by atoms with E-state index in [0.717, 1.165) is 42.0 Å². The van der Waals surface area contributed by atoms with Gasteiger partial charge in [-0.3, -0.25) is 4.79 Å². The van der Waals surface area contributed by atoms with Crippen LogP contribution in [-0.4, -0.2) is 22.1 Å². The molecule has 1 aromatic heterocycles. The van der Waals surface area contributed by atoms with E-state index in [9.17, 15) is 4.79 Å². The van der Waals surface area contributed by atoms with E-state index in [2.05, 4.69) is 54.9 Å². The summed E-state index contributed by atoms with van der Waals surface area (Å²) >= 11 is 0. The number of hydrogen-bond acceptors (Lipinski definition) is 3. The molecule has 1 unspecified atom stereocenters. The Labute approximate surface area is 208 Å². The SMILES string of the molecule is Cc1ccc(C(C)C)c(OCCCCn2c(C(C)NC(=O)c3ccccc3)nc3ccccc32)c1. The van der Waals surface area contributed by atoms with Crippen molar-refractivity contribution in [3.8, 4) is 5.75 Å². The van der Waals surface area contributed by atoms with Crippen LogP contribution in [0.2, 0.25) is 0 Å². The minimum Gasteiger partial charge on any atom is -0.493 e. The highest BCUT2D eigenvalue weighted by Gasteiger charge is 2.19. The fourth-order valence-corrected chi connectivity index (χ4v) is 4.39. The Morgan fingerprint density at radius 2 is 1.71 bits per heavy atom. The summed E-state index contributed by atoms with van der Waals surface area (Å²) in [6.07, 6.45) is 1.89. The molecule has 0 fully saturated rings. The van der Waals surface area contributed by atoms with E-state index in [1.807, 2.05) is 55.5 Å². The summed E-state index contributed by atoms with van der Waals surface area (Å²) < 4.78 is 8.42. The molecule has 1 amide bonds. The summed E-state index contributed by atoms with van der Waals surface area (Å²) in [7, 11) is 0. The average Bonchev–Trinajstić information content (AvgIpc) is 3.23. The average molecular weight is 470 g/mol. The number of nitrogens with one attached hydrogen (secondary N) is 1. The van der Waals surface area contributed by atoms with Gasteiger partial charge in [0.05, 0.1) is 23.7 Å². The molecule has 0 radical (unpaired) electrons. The van der Waals surface area contributed by atoms with Crippen molar-refractivity contribution in [1.29, 1.82) is 0 Å². The summed E-state index contributed by atoms with van der Waals surface area (Å²) in [5.41, 5.74) is 5.15. The molecule has 4 aromatic rings. The largest absolute Gasteiger partial charge is 0.493 e. The highest BCUT2D eigenvalue weighted by molar-refractivity contribution is 5.94. The molecule has 0 aliphatic rings. The first-order chi connectivity index (χ1) is 16.9. The van der Waals surface area contributed by atoms with Gasteiger partial charge < -0.3 is 14.6 Å². The zero-order valence-corrected chi connectivity index (χ0v) is 21.1. The molecule has 1 N–H and O–H groups in total. The Hall–Kier alpha value is -3.60. The van der Waals surface area contributed by atoms with E-state index in [1.54, 1.807) is 0 Å². The Morgan fingerprint density at radius 1 is 0.971 bits per heavy atom. The van der Waals surface area contributed by atoms with Gasteiger partial charge in [0.25, 0.3) is 5.91 Å². The molecule has 0 saturated carbocycles. The second kappa shape index (κ2) is 11.2. The minimum atomic E-state index is -0.216. The van der Waals surface area contributed by atoms with Gasteiger partial charge in [-0.2, -0.15) is 0 Å². The topological polar surface area (TPSA) is 56.1 Å². The van der Waals surface area contributed by atoms with Gasteiger partial charge in [-0.25, -0.2) is 4.98 Å². The summed E-state index contributed by atoms with van der Waals surface area (Å²) in [6, 6.07) is 23.7. The van der Waals surface area contributed by atoms with Crippen LogP contribution in [0.4, 0.5) is 0 Å². The maximum absolute atomic E-state index is 12.7. The molecule has 5 nitrogen and oxygen atoms in total. The van der Waals surface area contributed by atoms with Gasteiger partial charge in [-0.05, 0) is 74.1 Å². The number of carbonyl (C=O) groups is 1.